The van der Waals surface area contributed by atoms with Crippen molar-refractivity contribution in [3.63, 3.8) is 0 Å². The molecule has 33 heavy (non-hydrogen) atoms. The monoisotopic (exact) mass is 473 g/mol. The zero-order valence-corrected chi connectivity index (χ0v) is 19.6. The van der Waals surface area contributed by atoms with Crippen LogP contribution in [0, 0.1) is 12.3 Å². The predicted octanol–water partition coefficient (Wildman–Crippen LogP) is 2.77. The van der Waals surface area contributed by atoms with E-state index >= 15 is 0 Å². The lowest BCUT2D eigenvalue weighted by Crippen LogP contribution is -2.61. The third-order valence-corrected chi connectivity index (χ3v) is 7.24. The van der Waals surface area contributed by atoms with Gasteiger partial charge < -0.3 is 10.6 Å². The molecule has 3 aromatic heterocycles. The summed E-state index contributed by atoms with van der Waals surface area (Å²) >= 11 is 6.36. The molecule has 5 rings (SSSR count). The minimum atomic E-state index is -0.598. The Labute approximate surface area is 197 Å². The second kappa shape index (κ2) is 8.06. The lowest BCUT2D eigenvalue weighted by molar-refractivity contribution is 0.277. The van der Waals surface area contributed by atoms with E-state index in [0.29, 0.717) is 43.8 Å². The molecule has 1 aliphatic heterocycles. The maximum absolute atomic E-state index is 13.8. The first-order valence-corrected chi connectivity index (χ1v) is 12.5. The Kier molecular flexibility index (Phi) is 5.19. The number of benzene rings is 1. The second-order valence-corrected chi connectivity index (χ2v) is 9.30. The van der Waals surface area contributed by atoms with Crippen molar-refractivity contribution in [1.82, 2.24) is 24.1 Å². The molecule has 2 N–H and O–H groups in total. The van der Waals surface area contributed by atoms with E-state index in [1.54, 1.807) is 27.5 Å². The number of aromatic nitrogens is 5. The first-order valence-electron chi connectivity index (χ1n) is 10.4. The minimum Gasteiger partial charge on any atom is -0.368 e. The molecule has 1 atom stereocenters. The van der Waals surface area contributed by atoms with Crippen LogP contribution in [0.25, 0.3) is 11.2 Å². The van der Waals surface area contributed by atoms with Gasteiger partial charge in [-0.15, -0.1) is 6.42 Å². The van der Waals surface area contributed by atoms with E-state index in [1.807, 2.05) is 30.3 Å². The van der Waals surface area contributed by atoms with Gasteiger partial charge in [0.2, 0.25) is 5.95 Å². The van der Waals surface area contributed by atoms with E-state index in [1.165, 1.54) is 0 Å². The quantitative estimate of drug-likeness (QED) is 0.354. The van der Waals surface area contributed by atoms with E-state index in [9.17, 15) is 4.79 Å². The fraction of sp³-hybridized carbons (Fsp3) is 0.217. The van der Waals surface area contributed by atoms with Crippen molar-refractivity contribution in [3.8, 4) is 18.0 Å². The molecule has 1 aliphatic rings. The molecule has 164 valence electrons. The Morgan fingerprint density at radius 2 is 2.09 bits per heavy atom. The fourth-order valence-electron chi connectivity index (χ4n) is 4.43. The van der Waals surface area contributed by atoms with Crippen molar-refractivity contribution < 1.29 is 0 Å². The lowest BCUT2D eigenvalue weighted by atomic mass is 9.84. The highest BCUT2D eigenvalue weighted by atomic mass is 35.5. The van der Waals surface area contributed by atoms with Gasteiger partial charge in [0.15, 0.2) is 11.6 Å². The van der Waals surface area contributed by atoms with Gasteiger partial charge in [-0.3, -0.25) is 9.36 Å². The van der Waals surface area contributed by atoms with Crippen LogP contribution >= 0.6 is 11.6 Å². The smallest absolute Gasteiger partial charge is 0.284 e. The standard InChI is InChI=1S/C23H20ClN7OSi/c1-3-15-13-26-22(25)27-19(15)29-12-10-23(29,14-33-2)21-28-30-11-9-17(24)18(30)20(32)31(21)16-7-5-4-6-8-16/h1,4-9,11,13H,10,12,14H2,2H3,(H2,25,26,27). The van der Waals surface area contributed by atoms with Crippen LogP contribution in [0.1, 0.15) is 17.8 Å². The summed E-state index contributed by atoms with van der Waals surface area (Å²) < 4.78 is 3.22. The molecule has 0 saturated carbocycles. The van der Waals surface area contributed by atoms with Gasteiger partial charge in [0.05, 0.1) is 22.5 Å². The molecular formula is C23H20ClN7OSi. The molecule has 2 radical (unpaired) electrons. The Morgan fingerprint density at radius 1 is 1.30 bits per heavy atom. The van der Waals surface area contributed by atoms with Gasteiger partial charge in [-0.25, -0.2) is 9.50 Å². The molecular weight excluding hydrogens is 454 g/mol. The molecule has 1 saturated heterocycles. The zero-order valence-electron chi connectivity index (χ0n) is 17.9. The van der Waals surface area contributed by atoms with E-state index < -0.39 is 5.54 Å². The molecule has 0 amide bonds. The largest absolute Gasteiger partial charge is 0.368 e. The number of hydrogen-bond donors (Lipinski definition) is 1. The van der Waals surface area contributed by atoms with Gasteiger partial charge in [-0.2, -0.15) is 10.1 Å². The number of terminal acetylenes is 1. The molecule has 0 aliphatic carbocycles. The van der Waals surface area contributed by atoms with E-state index in [0.717, 1.165) is 18.2 Å². The van der Waals surface area contributed by atoms with Gasteiger partial charge >= 0.3 is 0 Å². The topological polar surface area (TPSA) is 94.3 Å². The van der Waals surface area contributed by atoms with Crippen LogP contribution in [0.15, 0.2) is 53.6 Å². The Morgan fingerprint density at radius 3 is 2.76 bits per heavy atom. The van der Waals surface area contributed by atoms with E-state index in [2.05, 4.69) is 27.3 Å². The summed E-state index contributed by atoms with van der Waals surface area (Å²) in [5.41, 5.74) is 6.69. The summed E-state index contributed by atoms with van der Waals surface area (Å²) in [7, 11) is 0.593. The summed E-state index contributed by atoms with van der Waals surface area (Å²) in [5.74, 6) is 3.99. The fourth-order valence-corrected chi connectivity index (χ4v) is 5.77. The zero-order chi connectivity index (χ0) is 23.2. The Hall–Kier alpha value is -3.61. The summed E-state index contributed by atoms with van der Waals surface area (Å²) in [6, 6.07) is 11.9. The van der Waals surface area contributed by atoms with Crippen molar-refractivity contribution in [2.24, 2.45) is 0 Å². The molecule has 0 bridgehead atoms. The number of para-hydroxylation sites is 1. The number of hydrogen-bond acceptors (Lipinski definition) is 6. The number of nitrogens with two attached hydrogens (primary N) is 1. The molecule has 1 unspecified atom stereocenters. The molecule has 8 nitrogen and oxygen atoms in total. The van der Waals surface area contributed by atoms with Gasteiger partial charge in [0.1, 0.15) is 11.1 Å². The Bertz CT molecular complexity index is 1460. The van der Waals surface area contributed by atoms with Crippen LogP contribution in [-0.4, -0.2) is 40.2 Å². The number of nitrogens with zero attached hydrogens (tertiary/aromatic N) is 6. The number of halogens is 1. The van der Waals surface area contributed by atoms with Crippen molar-refractivity contribution in [3.05, 3.63) is 75.6 Å². The summed E-state index contributed by atoms with van der Waals surface area (Å²) in [5, 5.41) is 5.29. The summed E-state index contributed by atoms with van der Waals surface area (Å²) in [4.78, 5) is 24.4. The highest BCUT2D eigenvalue weighted by Gasteiger charge is 2.50. The van der Waals surface area contributed by atoms with Crippen molar-refractivity contribution in [1.29, 1.82) is 0 Å². The third kappa shape index (κ3) is 3.22. The van der Waals surface area contributed by atoms with Crippen LogP contribution in [0.4, 0.5) is 11.8 Å². The van der Waals surface area contributed by atoms with Crippen molar-refractivity contribution in [2.75, 3.05) is 17.2 Å². The average Bonchev–Trinajstić information content (AvgIpc) is 3.18. The number of rotatable bonds is 5. The first kappa shape index (κ1) is 21.2. The highest BCUT2D eigenvalue weighted by molar-refractivity contribution is 6.34. The summed E-state index contributed by atoms with van der Waals surface area (Å²) in [6.07, 6.45) is 9.80. The van der Waals surface area contributed by atoms with Crippen LogP contribution in [0.5, 0.6) is 0 Å². The molecule has 10 heteroatoms. The maximum Gasteiger partial charge on any atom is 0.284 e. The van der Waals surface area contributed by atoms with Gasteiger partial charge in [-0.1, -0.05) is 42.3 Å². The molecule has 1 aromatic carbocycles. The van der Waals surface area contributed by atoms with Gasteiger partial charge in [-0.05, 0) is 30.7 Å². The highest BCUT2D eigenvalue weighted by Crippen LogP contribution is 2.46. The third-order valence-electron chi connectivity index (χ3n) is 6.00. The number of fused-ring (bicyclic) bond motifs is 1. The SMILES string of the molecule is C#Cc1cnc(N)nc1N1CCC1(C[Si]C)c1nn2ccc(Cl)c2c(=O)n1-c1ccccc1. The van der Waals surface area contributed by atoms with Crippen molar-refractivity contribution >= 4 is 38.4 Å². The minimum absolute atomic E-state index is 0.143. The number of anilines is 2. The van der Waals surface area contributed by atoms with Crippen LogP contribution in [0.3, 0.4) is 0 Å². The lowest BCUT2D eigenvalue weighted by Gasteiger charge is -2.53. The Balaban J connectivity index is 1.82. The molecule has 4 heterocycles. The van der Waals surface area contributed by atoms with Crippen LogP contribution in [0.2, 0.25) is 17.6 Å². The molecule has 1 fully saturated rings. The van der Waals surface area contributed by atoms with Gasteiger partial charge in [0, 0.05) is 22.3 Å². The molecule has 4 aromatic rings. The van der Waals surface area contributed by atoms with E-state index in [-0.39, 0.29) is 11.5 Å². The van der Waals surface area contributed by atoms with Gasteiger partial charge in [0.25, 0.3) is 5.56 Å². The van der Waals surface area contributed by atoms with Crippen molar-refractivity contribution in [2.45, 2.75) is 24.6 Å². The molecule has 0 spiro atoms. The average molecular weight is 474 g/mol. The second-order valence-electron chi connectivity index (χ2n) is 7.83. The predicted molar refractivity (Wildman–Crippen MR) is 130 cm³/mol. The maximum atomic E-state index is 13.8. The number of nitrogen functional groups attached to an aromatic ring is 1. The van der Waals surface area contributed by atoms with E-state index in [4.69, 9.17) is 28.9 Å². The van der Waals surface area contributed by atoms with Crippen LogP contribution < -0.4 is 16.2 Å². The van der Waals surface area contributed by atoms with Crippen LogP contribution in [-0.2, 0) is 5.54 Å². The summed E-state index contributed by atoms with van der Waals surface area (Å²) in [6.45, 7) is 2.83. The normalized spacial score (nSPS) is 17.7. The first-order chi connectivity index (χ1) is 16.0.